The van der Waals surface area contributed by atoms with E-state index in [9.17, 15) is 14.7 Å². The molecule has 7 heteroatoms. The van der Waals surface area contributed by atoms with Crippen molar-refractivity contribution in [1.82, 2.24) is 14.7 Å². The number of hydrogen-bond acceptors (Lipinski definition) is 5. The van der Waals surface area contributed by atoms with Gasteiger partial charge >= 0.3 is 0 Å². The summed E-state index contributed by atoms with van der Waals surface area (Å²) in [4.78, 5) is 29.4. The van der Waals surface area contributed by atoms with Crippen LogP contribution >= 0.6 is 0 Å². The van der Waals surface area contributed by atoms with Gasteiger partial charge in [-0.3, -0.25) is 14.3 Å². The number of aliphatic hydroxyl groups excluding tert-OH is 1. The topological polar surface area (TPSA) is 78.7 Å². The second-order valence-electron chi connectivity index (χ2n) is 10.4. The number of carbonyl (C=O) groups excluding carboxylic acids is 2. The molecule has 0 atom stereocenters. The Morgan fingerprint density at radius 1 is 1.08 bits per heavy atom. The van der Waals surface area contributed by atoms with Gasteiger partial charge in [0.1, 0.15) is 17.1 Å². The van der Waals surface area contributed by atoms with E-state index >= 15 is 0 Å². The average Bonchev–Trinajstić information content (AvgIpc) is 3.20. The third-order valence-corrected chi connectivity index (χ3v) is 6.27. The predicted molar refractivity (Wildman–Crippen MR) is 149 cm³/mol. The summed E-state index contributed by atoms with van der Waals surface area (Å²) in [7, 11) is 1.75. The lowest BCUT2D eigenvalue weighted by Gasteiger charge is -2.36. The van der Waals surface area contributed by atoms with E-state index in [2.05, 4.69) is 21.8 Å². The van der Waals surface area contributed by atoms with Crippen molar-refractivity contribution in [2.24, 2.45) is 12.5 Å². The van der Waals surface area contributed by atoms with Gasteiger partial charge < -0.3 is 14.9 Å². The number of aromatic nitrogens is 2. The number of amides is 1. The molecule has 37 heavy (non-hydrogen) atoms. The van der Waals surface area contributed by atoms with Gasteiger partial charge in [0.25, 0.3) is 5.91 Å². The van der Waals surface area contributed by atoms with Crippen LogP contribution in [0.15, 0.2) is 42.2 Å². The first-order valence-electron chi connectivity index (χ1n) is 12.7. The van der Waals surface area contributed by atoms with E-state index in [0.717, 1.165) is 12.1 Å². The van der Waals surface area contributed by atoms with E-state index in [1.807, 2.05) is 62.9 Å². The number of carbonyl (C=O) groups is 2. The van der Waals surface area contributed by atoms with Crippen LogP contribution in [-0.2, 0) is 7.05 Å². The Labute approximate surface area is 220 Å². The van der Waals surface area contributed by atoms with Gasteiger partial charge in [0, 0.05) is 55.5 Å². The highest BCUT2D eigenvalue weighted by molar-refractivity contribution is 5.97. The van der Waals surface area contributed by atoms with Crippen molar-refractivity contribution in [1.29, 1.82) is 0 Å². The number of ketones is 1. The number of rotatable bonds is 6. The van der Waals surface area contributed by atoms with Crippen LogP contribution in [0.4, 0.5) is 5.69 Å². The fourth-order valence-electron chi connectivity index (χ4n) is 4.10. The van der Waals surface area contributed by atoms with Gasteiger partial charge in [-0.2, -0.15) is 5.10 Å². The van der Waals surface area contributed by atoms with E-state index in [1.54, 1.807) is 31.7 Å². The third kappa shape index (κ3) is 6.71. The number of benzene rings is 1. The number of Topliss-reactive ketones (excluding diaryl/α,β-unsaturated/α-hetero) is 1. The summed E-state index contributed by atoms with van der Waals surface area (Å²) >= 11 is 0. The Balaban J connectivity index is 1.90. The Morgan fingerprint density at radius 3 is 2.24 bits per heavy atom. The molecule has 2 heterocycles. The molecule has 2 aromatic rings. The summed E-state index contributed by atoms with van der Waals surface area (Å²) in [6, 6.07) is 7.59. The average molecular weight is 503 g/mol. The van der Waals surface area contributed by atoms with Crippen LogP contribution in [0.3, 0.4) is 0 Å². The quantitative estimate of drug-likeness (QED) is 0.253. The largest absolute Gasteiger partial charge is 0.508 e. The van der Waals surface area contributed by atoms with Crippen LogP contribution < -0.4 is 4.90 Å². The smallest absolute Gasteiger partial charge is 0.273 e. The van der Waals surface area contributed by atoms with Gasteiger partial charge in [-0.15, -0.1) is 0 Å². The van der Waals surface area contributed by atoms with Gasteiger partial charge in [-0.05, 0) is 71.4 Å². The molecule has 1 amide bonds. The molecule has 1 aliphatic heterocycles. The molecule has 1 N–H and O–H groups in total. The maximum Gasteiger partial charge on any atom is 0.273 e. The molecule has 1 fully saturated rings. The number of hydrogen-bond donors (Lipinski definition) is 1. The zero-order chi connectivity index (χ0) is 27.3. The summed E-state index contributed by atoms with van der Waals surface area (Å²) in [5, 5.41) is 15.2. The number of aryl methyl sites for hydroxylation is 1. The summed E-state index contributed by atoms with van der Waals surface area (Å²) in [6.45, 7) is 13.9. The van der Waals surface area contributed by atoms with Gasteiger partial charge in [0.05, 0.1) is 5.56 Å². The van der Waals surface area contributed by atoms with Crippen molar-refractivity contribution in [2.45, 2.75) is 48.0 Å². The molecule has 0 aliphatic carbocycles. The molecule has 1 aromatic carbocycles. The summed E-state index contributed by atoms with van der Waals surface area (Å²) in [5.74, 6) is 6.49. The van der Waals surface area contributed by atoms with Crippen molar-refractivity contribution in [3.63, 3.8) is 0 Å². The fourth-order valence-corrected chi connectivity index (χ4v) is 4.10. The highest BCUT2D eigenvalue weighted by atomic mass is 16.3. The molecule has 7 nitrogen and oxygen atoms in total. The van der Waals surface area contributed by atoms with E-state index in [4.69, 9.17) is 0 Å². The molecule has 0 saturated carbocycles. The second kappa shape index (κ2) is 11.5. The van der Waals surface area contributed by atoms with E-state index < -0.39 is 0 Å². The minimum absolute atomic E-state index is 0.0441. The highest BCUT2D eigenvalue weighted by Gasteiger charge is 2.29. The number of piperazine rings is 1. The summed E-state index contributed by atoms with van der Waals surface area (Å²) in [5.41, 5.74) is 3.53. The Morgan fingerprint density at radius 2 is 1.70 bits per heavy atom. The lowest BCUT2D eigenvalue weighted by Crippen LogP contribution is -2.49. The lowest BCUT2D eigenvalue weighted by molar-refractivity contribution is 0.0735. The van der Waals surface area contributed by atoms with Crippen molar-refractivity contribution < 1.29 is 14.7 Å². The number of anilines is 1. The normalized spacial score (nSPS) is 14.9. The molecule has 1 aromatic heterocycles. The van der Waals surface area contributed by atoms with E-state index in [0.29, 0.717) is 54.3 Å². The number of allylic oxidation sites excluding steroid dienone is 3. The number of aliphatic hydroxyl groups is 1. The van der Waals surface area contributed by atoms with E-state index in [-0.39, 0.29) is 22.9 Å². The molecule has 0 spiro atoms. The second-order valence-corrected chi connectivity index (χ2v) is 10.4. The molecule has 3 rings (SSSR count). The van der Waals surface area contributed by atoms with Crippen LogP contribution in [0.25, 0.3) is 5.57 Å². The SMILES string of the molecule is CC/C=C\C(O)=C(/C)c1nn(C)c(C(=O)N2CCN(c3ccc(C(C)=O)cc3)CC2)c1C#CC(C)(C)C. The van der Waals surface area contributed by atoms with Crippen LogP contribution in [0, 0.1) is 17.3 Å². The maximum atomic E-state index is 13.8. The summed E-state index contributed by atoms with van der Waals surface area (Å²) in [6.07, 6.45) is 4.34. The minimum atomic E-state index is -0.265. The van der Waals surface area contributed by atoms with Gasteiger partial charge in [-0.1, -0.05) is 24.8 Å². The maximum absolute atomic E-state index is 13.8. The lowest BCUT2D eigenvalue weighted by atomic mass is 9.96. The zero-order valence-corrected chi connectivity index (χ0v) is 23.1. The van der Waals surface area contributed by atoms with Crippen molar-refractivity contribution in [3.05, 3.63) is 64.7 Å². The van der Waals surface area contributed by atoms with Gasteiger partial charge in [0.15, 0.2) is 5.78 Å². The van der Waals surface area contributed by atoms with Crippen LogP contribution in [-0.4, -0.2) is 57.7 Å². The molecule has 0 bridgehead atoms. The molecule has 0 unspecified atom stereocenters. The van der Waals surface area contributed by atoms with Gasteiger partial charge in [-0.25, -0.2) is 0 Å². The first kappa shape index (κ1) is 27.8. The molecule has 1 saturated heterocycles. The van der Waals surface area contributed by atoms with Crippen molar-refractivity contribution >= 4 is 23.0 Å². The van der Waals surface area contributed by atoms with Gasteiger partial charge in [0.2, 0.25) is 0 Å². The standard InChI is InChI=1S/C30H38N4O3/c1-8-9-10-26(36)21(2)27-25(15-16-30(4,5)6)28(32(7)31-27)29(37)34-19-17-33(18-20-34)24-13-11-23(12-14-24)22(3)35/h9-14,36H,8,17-20H2,1-7H3/b10-9-,26-21-. The zero-order valence-electron chi connectivity index (χ0n) is 23.1. The third-order valence-electron chi connectivity index (χ3n) is 6.27. The first-order chi connectivity index (χ1) is 17.4. The Bertz CT molecular complexity index is 1270. The fraction of sp³-hybridized carbons (Fsp3) is 0.433. The molecule has 0 radical (unpaired) electrons. The number of nitrogens with zero attached hydrogens (tertiary/aromatic N) is 4. The predicted octanol–water partition coefficient (Wildman–Crippen LogP) is 5.24. The van der Waals surface area contributed by atoms with Crippen LogP contribution in [0.1, 0.15) is 80.1 Å². The molecule has 196 valence electrons. The van der Waals surface area contributed by atoms with Crippen LogP contribution in [0.5, 0.6) is 0 Å². The highest BCUT2D eigenvalue weighted by Crippen LogP contribution is 2.26. The Hall–Kier alpha value is -3.79. The minimum Gasteiger partial charge on any atom is -0.508 e. The Kier molecular flexibility index (Phi) is 8.65. The van der Waals surface area contributed by atoms with E-state index in [1.165, 1.54) is 0 Å². The molecular formula is C30H38N4O3. The monoisotopic (exact) mass is 502 g/mol. The van der Waals surface area contributed by atoms with Crippen LogP contribution in [0.2, 0.25) is 0 Å². The van der Waals surface area contributed by atoms with Crippen molar-refractivity contribution in [3.8, 4) is 11.8 Å². The summed E-state index contributed by atoms with van der Waals surface area (Å²) < 4.78 is 1.58. The molecular weight excluding hydrogens is 464 g/mol. The first-order valence-corrected chi connectivity index (χ1v) is 12.7. The van der Waals surface area contributed by atoms with Crippen molar-refractivity contribution in [2.75, 3.05) is 31.1 Å². The molecule has 1 aliphatic rings.